The lowest BCUT2D eigenvalue weighted by Gasteiger charge is -2.23. The van der Waals surface area contributed by atoms with Crippen LogP contribution in [0.5, 0.6) is 0 Å². The van der Waals surface area contributed by atoms with E-state index in [4.69, 9.17) is 11.6 Å². The first-order valence-corrected chi connectivity index (χ1v) is 11.1. The van der Waals surface area contributed by atoms with Crippen molar-refractivity contribution in [3.05, 3.63) is 112 Å². The van der Waals surface area contributed by atoms with Crippen LogP contribution < -0.4 is 10.2 Å². The van der Waals surface area contributed by atoms with Crippen LogP contribution in [0, 0.1) is 6.92 Å². The highest BCUT2D eigenvalue weighted by Gasteiger charge is 2.24. The molecular weight excluding hydrogens is 434 g/mol. The maximum absolute atomic E-state index is 13.4. The minimum atomic E-state index is -0.216. The van der Waals surface area contributed by atoms with E-state index in [1.54, 1.807) is 42.5 Å². The highest BCUT2D eigenvalue weighted by molar-refractivity contribution is 6.30. The molecule has 0 spiro atoms. The van der Waals surface area contributed by atoms with Gasteiger partial charge in [-0.3, -0.25) is 9.59 Å². The predicted octanol–water partition coefficient (Wildman–Crippen LogP) is 5.89. The van der Waals surface area contributed by atoms with Gasteiger partial charge in [-0.05, 0) is 79.2 Å². The van der Waals surface area contributed by atoms with Crippen LogP contribution in [0.4, 0.5) is 11.4 Å². The molecule has 5 nitrogen and oxygen atoms in total. The maximum Gasteiger partial charge on any atom is 0.258 e. The van der Waals surface area contributed by atoms with Crippen molar-refractivity contribution in [1.82, 2.24) is 4.57 Å². The molecule has 4 aromatic rings. The van der Waals surface area contributed by atoms with Gasteiger partial charge < -0.3 is 14.8 Å². The number of amides is 2. The number of rotatable bonds is 3. The third-order valence-corrected chi connectivity index (χ3v) is 6.16. The molecule has 1 aliphatic heterocycles. The number of nitrogens with one attached hydrogen (secondary N) is 1. The van der Waals surface area contributed by atoms with Crippen molar-refractivity contribution >= 4 is 34.8 Å². The summed E-state index contributed by atoms with van der Waals surface area (Å²) in [5.74, 6) is -0.286. The van der Waals surface area contributed by atoms with Crippen molar-refractivity contribution in [2.24, 2.45) is 0 Å². The zero-order valence-electron chi connectivity index (χ0n) is 18.1. The second-order valence-electron chi connectivity index (χ2n) is 8.06. The van der Waals surface area contributed by atoms with Gasteiger partial charge in [0.15, 0.2) is 0 Å². The van der Waals surface area contributed by atoms with Crippen LogP contribution in [0.15, 0.2) is 85.1 Å². The number of nitrogens with zero attached hydrogens (tertiary/aromatic N) is 2. The summed E-state index contributed by atoms with van der Waals surface area (Å²) < 4.78 is 2.14. The van der Waals surface area contributed by atoms with Crippen molar-refractivity contribution in [2.45, 2.75) is 13.3 Å². The fourth-order valence-corrected chi connectivity index (χ4v) is 4.47. The number of fused-ring (bicyclic) bond motifs is 3. The first-order valence-electron chi connectivity index (χ1n) is 10.8. The lowest BCUT2D eigenvalue weighted by atomic mass is 10.1. The summed E-state index contributed by atoms with van der Waals surface area (Å²) in [7, 11) is 0. The second-order valence-corrected chi connectivity index (χ2v) is 8.49. The van der Waals surface area contributed by atoms with E-state index in [1.165, 1.54) is 5.69 Å². The molecule has 0 unspecified atom stereocenters. The van der Waals surface area contributed by atoms with Crippen molar-refractivity contribution in [1.29, 1.82) is 0 Å². The normalized spacial score (nSPS) is 12.5. The Kier molecular flexibility index (Phi) is 5.48. The Bertz CT molecular complexity index is 1360. The molecule has 0 bridgehead atoms. The molecule has 33 heavy (non-hydrogen) atoms. The zero-order chi connectivity index (χ0) is 22.9. The molecule has 3 aromatic carbocycles. The van der Waals surface area contributed by atoms with Crippen LogP contribution in [0.3, 0.4) is 0 Å². The number of para-hydroxylation sites is 2. The van der Waals surface area contributed by atoms with Crippen LogP contribution in [-0.4, -0.2) is 22.9 Å². The molecule has 0 radical (unpaired) electrons. The van der Waals surface area contributed by atoms with Gasteiger partial charge in [0, 0.05) is 46.7 Å². The third-order valence-electron chi connectivity index (χ3n) is 5.92. The number of aryl methyl sites for hydroxylation is 1. The molecule has 164 valence electrons. The SMILES string of the molecule is Cc1cc(Cl)ccc1C(=O)Nc1ccc(C(=O)N2CCc3cccn3-c3ccccc32)cc1. The van der Waals surface area contributed by atoms with Crippen LogP contribution in [0.2, 0.25) is 5.02 Å². The number of halogens is 1. The number of hydrogen-bond acceptors (Lipinski definition) is 2. The summed E-state index contributed by atoms with van der Waals surface area (Å²) in [6.07, 6.45) is 2.80. The predicted molar refractivity (Wildman–Crippen MR) is 132 cm³/mol. The minimum Gasteiger partial charge on any atom is -0.322 e. The van der Waals surface area contributed by atoms with Crippen LogP contribution in [-0.2, 0) is 6.42 Å². The van der Waals surface area contributed by atoms with Gasteiger partial charge in [0.25, 0.3) is 11.8 Å². The monoisotopic (exact) mass is 455 g/mol. The largest absolute Gasteiger partial charge is 0.322 e. The van der Waals surface area contributed by atoms with E-state index in [2.05, 4.69) is 16.0 Å². The van der Waals surface area contributed by atoms with Gasteiger partial charge in [-0.2, -0.15) is 0 Å². The van der Waals surface area contributed by atoms with Crippen LogP contribution in [0.1, 0.15) is 32.0 Å². The highest BCUT2D eigenvalue weighted by Crippen LogP contribution is 2.30. The highest BCUT2D eigenvalue weighted by atomic mass is 35.5. The summed E-state index contributed by atoms with van der Waals surface area (Å²) in [5, 5.41) is 3.48. The van der Waals surface area contributed by atoms with Crippen LogP contribution >= 0.6 is 11.6 Å². The Balaban J connectivity index is 1.37. The Hall–Kier alpha value is -3.83. The molecule has 0 saturated heterocycles. The molecule has 1 aromatic heterocycles. The van der Waals surface area contributed by atoms with E-state index < -0.39 is 0 Å². The molecule has 0 saturated carbocycles. The average molecular weight is 456 g/mol. The van der Waals surface area contributed by atoms with Gasteiger partial charge in [0.1, 0.15) is 0 Å². The molecule has 6 heteroatoms. The Morgan fingerprint density at radius 1 is 0.909 bits per heavy atom. The number of anilines is 2. The van der Waals surface area contributed by atoms with Crippen molar-refractivity contribution in [2.75, 3.05) is 16.8 Å². The molecular formula is C27H22ClN3O2. The fraction of sp³-hybridized carbons (Fsp3) is 0.111. The quantitative estimate of drug-likeness (QED) is 0.418. The van der Waals surface area contributed by atoms with Gasteiger partial charge >= 0.3 is 0 Å². The van der Waals surface area contributed by atoms with E-state index in [-0.39, 0.29) is 11.8 Å². The van der Waals surface area contributed by atoms with E-state index in [0.717, 1.165) is 23.4 Å². The number of carbonyl (C=O) groups is 2. The first-order chi connectivity index (χ1) is 16.0. The summed E-state index contributed by atoms with van der Waals surface area (Å²) in [4.78, 5) is 27.9. The Morgan fingerprint density at radius 3 is 2.42 bits per heavy atom. The average Bonchev–Trinajstić information content (AvgIpc) is 3.22. The van der Waals surface area contributed by atoms with Gasteiger partial charge in [0.05, 0.1) is 11.4 Å². The van der Waals surface area contributed by atoms with Crippen molar-refractivity contribution in [3.63, 3.8) is 0 Å². The number of carbonyl (C=O) groups excluding carboxylic acids is 2. The molecule has 0 atom stereocenters. The summed E-state index contributed by atoms with van der Waals surface area (Å²) in [6.45, 7) is 2.44. The van der Waals surface area contributed by atoms with E-state index in [1.807, 2.05) is 48.4 Å². The third kappa shape index (κ3) is 4.03. The summed E-state index contributed by atoms with van der Waals surface area (Å²) in [6, 6.07) is 24.2. The molecule has 2 heterocycles. The van der Waals surface area contributed by atoms with E-state index in [0.29, 0.717) is 28.4 Å². The molecule has 5 rings (SSSR count). The molecule has 2 amide bonds. The first kappa shape index (κ1) is 21.0. The van der Waals surface area contributed by atoms with Crippen molar-refractivity contribution in [3.8, 4) is 5.69 Å². The summed E-state index contributed by atoms with van der Waals surface area (Å²) >= 11 is 5.99. The lowest BCUT2D eigenvalue weighted by Crippen LogP contribution is -2.32. The minimum absolute atomic E-state index is 0.0698. The standard InChI is InChI=1S/C27H22ClN3O2/c1-18-17-20(28)10-13-23(18)26(32)29-21-11-8-19(9-12-21)27(33)31-16-14-22-5-4-15-30(22)24-6-2-3-7-25(24)31/h2-13,15,17H,14,16H2,1H3,(H,29,32). The van der Waals surface area contributed by atoms with Gasteiger partial charge in [0.2, 0.25) is 0 Å². The molecule has 0 fully saturated rings. The van der Waals surface area contributed by atoms with Gasteiger partial charge in [-0.25, -0.2) is 0 Å². The maximum atomic E-state index is 13.4. The fourth-order valence-electron chi connectivity index (χ4n) is 4.24. The number of aromatic nitrogens is 1. The van der Waals surface area contributed by atoms with Gasteiger partial charge in [-0.1, -0.05) is 23.7 Å². The lowest BCUT2D eigenvalue weighted by molar-refractivity contribution is 0.0986. The Labute approximate surface area is 197 Å². The van der Waals surface area contributed by atoms with E-state index in [9.17, 15) is 9.59 Å². The molecule has 1 N–H and O–H groups in total. The number of benzene rings is 3. The van der Waals surface area contributed by atoms with Crippen LogP contribution in [0.25, 0.3) is 5.69 Å². The smallest absolute Gasteiger partial charge is 0.258 e. The van der Waals surface area contributed by atoms with E-state index >= 15 is 0 Å². The number of hydrogen-bond donors (Lipinski definition) is 1. The Morgan fingerprint density at radius 2 is 1.67 bits per heavy atom. The zero-order valence-corrected chi connectivity index (χ0v) is 18.8. The van der Waals surface area contributed by atoms with Crippen molar-refractivity contribution < 1.29 is 9.59 Å². The topological polar surface area (TPSA) is 54.3 Å². The molecule has 0 aliphatic carbocycles. The van der Waals surface area contributed by atoms with Gasteiger partial charge in [-0.15, -0.1) is 0 Å². The second kappa shape index (κ2) is 8.60. The summed E-state index contributed by atoms with van der Waals surface area (Å²) in [5.41, 5.74) is 5.60. The molecule has 1 aliphatic rings.